The van der Waals surface area contributed by atoms with Crippen molar-refractivity contribution in [1.82, 2.24) is 5.32 Å². The van der Waals surface area contributed by atoms with Gasteiger partial charge in [-0.25, -0.2) is 0 Å². The molecular formula is C18H26N2O4. The van der Waals surface area contributed by atoms with Crippen LogP contribution in [0.25, 0.3) is 0 Å². The number of rotatable bonds is 7. The molecule has 0 aromatic heterocycles. The van der Waals surface area contributed by atoms with Crippen molar-refractivity contribution in [2.24, 2.45) is 5.92 Å². The molecule has 2 rings (SSSR count). The van der Waals surface area contributed by atoms with Gasteiger partial charge < -0.3 is 20.1 Å². The molecule has 132 valence electrons. The van der Waals surface area contributed by atoms with E-state index in [1.165, 1.54) is 6.42 Å². The Kier molecular flexibility index (Phi) is 6.90. The normalized spacial score (nSPS) is 14.8. The number of hydrogen-bond donors (Lipinski definition) is 2. The summed E-state index contributed by atoms with van der Waals surface area (Å²) in [5, 5.41) is 5.48. The van der Waals surface area contributed by atoms with Gasteiger partial charge >= 0.3 is 0 Å². The number of benzene rings is 1. The predicted octanol–water partition coefficient (Wildman–Crippen LogP) is 2.73. The number of anilines is 1. The lowest BCUT2D eigenvalue weighted by Gasteiger charge is -2.20. The molecule has 0 unspecified atom stereocenters. The van der Waals surface area contributed by atoms with E-state index in [1.807, 2.05) is 6.92 Å². The van der Waals surface area contributed by atoms with Crippen molar-refractivity contribution in [3.8, 4) is 11.5 Å². The first-order valence-corrected chi connectivity index (χ1v) is 8.52. The number of amides is 2. The van der Waals surface area contributed by atoms with Gasteiger partial charge in [-0.3, -0.25) is 9.59 Å². The summed E-state index contributed by atoms with van der Waals surface area (Å²) in [7, 11) is 1.55. The maximum Gasteiger partial charge on any atom is 0.243 e. The molecule has 1 saturated carbocycles. The largest absolute Gasteiger partial charge is 0.493 e. The maximum absolute atomic E-state index is 12.0. The monoisotopic (exact) mass is 334 g/mol. The van der Waals surface area contributed by atoms with Crippen molar-refractivity contribution in [3.63, 3.8) is 0 Å². The zero-order chi connectivity index (χ0) is 17.4. The molecule has 0 spiro atoms. The third kappa shape index (κ3) is 5.15. The van der Waals surface area contributed by atoms with E-state index in [4.69, 9.17) is 9.47 Å². The summed E-state index contributed by atoms with van der Waals surface area (Å²) in [4.78, 5) is 24.1. The molecule has 6 nitrogen and oxygen atoms in total. The zero-order valence-electron chi connectivity index (χ0n) is 14.4. The van der Waals surface area contributed by atoms with Crippen molar-refractivity contribution >= 4 is 17.5 Å². The summed E-state index contributed by atoms with van der Waals surface area (Å²) in [6.45, 7) is 2.41. The summed E-state index contributed by atoms with van der Waals surface area (Å²) < 4.78 is 10.7. The minimum atomic E-state index is -0.259. The molecule has 0 saturated heterocycles. The van der Waals surface area contributed by atoms with Gasteiger partial charge in [0.2, 0.25) is 11.8 Å². The average molecular weight is 334 g/mol. The van der Waals surface area contributed by atoms with Crippen LogP contribution >= 0.6 is 0 Å². The number of hydrogen-bond acceptors (Lipinski definition) is 4. The van der Waals surface area contributed by atoms with E-state index in [2.05, 4.69) is 10.6 Å². The highest BCUT2D eigenvalue weighted by Gasteiger charge is 2.21. The van der Waals surface area contributed by atoms with Gasteiger partial charge in [0.1, 0.15) is 0 Å². The van der Waals surface area contributed by atoms with Gasteiger partial charge in [-0.15, -0.1) is 0 Å². The van der Waals surface area contributed by atoms with Crippen LogP contribution < -0.4 is 20.1 Å². The second-order valence-corrected chi connectivity index (χ2v) is 5.90. The Hall–Kier alpha value is -2.24. The van der Waals surface area contributed by atoms with Crippen molar-refractivity contribution < 1.29 is 19.1 Å². The van der Waals surface area contributed by atoms with Gasteiger partial charge in [-0.1, -0.05) is 19.3 Å². The average Bonchev–Trinajstić information content (AvgIpc) is 2.62. The lowest BCUT2D eigenvalue weighted by molar-refractivity contribution is -0.128. The standard InChI is InChI=1S/C18H26N2O4/c1-3-24-15-10-9-14(11-16(15)23-2)20-17(21)12-19-18(22)13-7-5-4-6-8-13/h9-11,13H,3-8,12H2,1-2H3,(H,19,22)(H,20,21). The van der Waals surface area contributed by atoms with Crippen LogP contribution in [-0.2, 0) is 9.59 Å². The Morgan fingerprint density at radius 2 is 1.92 bits per heavy atom. The van der Waals surface area contributed by atoms with Gasteiger partial charge in [0.25, 0.3) is 0 Å². The molecule has 1 fully saturated rings. The van der Waals surface area contributed by atoms with E-state index in [0.29, 0.717) is 23.8 Å². The van der Waals surface area contributed by atoms with Gasteiger partial charge in [-0.2, -0.15) is 0 Å². The minimum absolute atomic E-state index is 0.0193. The second kappa shape index (κ2) is 9.15. The number of carbonyl (C=O) groups excluding carboxylic acids is 2. The molecule has 1 aromatic rings. The van der Waals surface area contributed by atoms with Crippen LogP contribution in [0.2, 0.25) is 0 Å². The van der Waals surface area contributed by atoms with Crippen LogP contribution in [0.15, 0.2) is 18.2 Å². The van der Waals surface area contributed by atoms with E-state index in [0.717, 1.165) is 25.7 Å². The van der Waals surface area contributed by atoms with E-state index in [1.54, 1.807) is 25.3 Å². The fourth-order valence-electron chi connectivity index (χ4n) is 2.90. The lowest BCUT2D eigenvalue weighted by Crippen LogP contribution is -2.37. The first-order chi connectivity index (χ1) is 11.6. The van der Waals surface area contributed by atoms with Crippen LogP contribution in [0.5, 0.6) is 11.5 Å². The van der Waals surface area contributed by atoms with Crippen molar-refractivity contribution in [3.05, 3.63) is 18.2 Å². The number of ether oxygens (including phenoxy) is 2. The van der Waals surface area contributed by atoms with E-state index in [-0.39, 0.29) is 24.3 Å². The molecule has 1 aromatic carbocycles. The van der Waals surface area contributed by atoms with Crippen molar-refractivity contribution in [1.29, 1.82) is 0 Å². The molecule has 2 amide bonds. The van der Waals surface area contributed by atoms with Crippen LogP contribution in [0.3, 0.4) is 0 Å². The Labute approximate surface area is 142 Å². The Bertz CT molecular complexity index is 568. The zero-order valence-corrected chi connectivity index (χ0v) is 14.4. The topological polar surface area (TPSA) is 76.7 Å². The Morgan fingerprint density at radius 1 is 1.17 bits per heavy atom. The van der Waals surface area contributed by atoms with Crippen LogP contribution in [0.4, 0.5) is 5.69 Å². The summed E-state index contributed by atoms with van der Waals surface area (Å²) in [5.41, 5.74) is 0.604. The highest BCUT2D eigenvalue weighted by molar-refractivity contribution is 5.95. The Balaban J connectivity index is 1.84. The molecule has 0 aliphatic heterocycles. The predicted molar refractivity (Wildman–Crippen MR) is 92.4 cm³/mol. The van der Waals surface area contributed by atoms with Crippen molar-refractivity contribution in [2.45, 2.75) is 39.0 Å². The fraction of sp³-hybridized carbons (Fsp3) is 0.556. The van der Waals surface area contributed by atoms with Crippen LogP contribution in [0.1, 0.15) is 39.0 Å². The molecule has 0 heterocycles. The van der Waals surface area contributed by atoms with Gasteiger partial charge in [0.05, 0.1) is 20.3 Å². The first kappa shape index (κ1) is 18.1. The summed E-state index contributed by atoms with van der Waals surface area (Å²) in [6.07, 6.45) is 5.23. The molecule has 1 aliphatic carbocycles. The molecule has 1 aliphatic rings. The molecule has 0 bridgehead atoms. The molecule has 24 heavy (non-hydrogen) atoms. The van der Waals surface area contributed by atoms with E-state index in [9.17, 15) is 9.59 Å². The molecule has 6 heteroatoms. The lowest BCUT2D eigenvalue weighted by atomic mass is 9.89. The third-order valence-corrected chi connectivity index (χ3v) is 4.15. The van der Waals surface area contributed by atoms with Gasteiger partial charge in [0, 0.05) is 17.7 Å². The van der Waals surface area contributed by atoms with Gasteiger partial charge in [-0.05, 0) is 31.9 Å². The highest BCUT2D eigenvalue weighted by atomic mass is 16.5. The van der Waals surface area contributed by atoms with Crippen LogP contribution in [0, 0.1) is 5.92 Å². The van der Waals surface area contributed by atoms with Gasteiger partial charge in [0.15, 0.2) is 11.5 Å². The fourth-order valence-corrected chi connectivity index (χ4v) is 2.90. The van der Waals surface area contributed by atoms with Crippen LogP contribution in [-0.4, -0.2) is 32.1 Å². The second-order valence-electron chi connectivity index (χ2n) is 5.90. The number of nitrogens with one attached hydrogen (secondary N) is 2. The molecule has 0 radical (unpaired) electrons. The Morgan fingerprint density at radius 3 is 2.58 bits per heavy atom. The number of carbonyl (C=O) groups is 2. The minimum Gasteiger partial charge on any atom is -0.493 e. The highest BCUT2D eigenvalue weighted by Crippen LogP contribution is 2.30. The summed E-state index contributed by atoms with van der Waals surface area (Å²) in [5.74, 6) is 0.959. The SMILES string of the molecule is CCOc1ccc(NC(=O)CNC(=O)C2CCCCC2)cc1OC. The third-order valence-electron chi connectivity index (χ3n) is 4.15. The van der Waals surface area contributed by atoms with E-state index < -0.39 is 0 Å². The molecular weight excluding hydrogens is 308 g/mol. The molecule has 2 N–H and O–H groups in total. The van der Waals surface area contributed by atoms with Crippen molar-refractivity contribution in [2.75, 3.05) is 25.6 Å². The van der Waals surface area contributed by atoms with E-state index >= 15 is 0 Å². The smallest absolute Gasteiger partial charge is 0.243 e. The number of methoxy groups -OCH3 is 1. The quantitative estimate of drug-likeness (QED) is 0.804. The first-order valence-electron chi connectivity index (χ1n) is 8.52. The summed E-state index contributed by atoms with van der Waals surface area (Å²) in [6, 6.07) is 5.19. The summed E-state index contributed by atoms with van der Waals surface area (Å²) >= 11 is 0. The maximum atomic E-state index is 12.0. The molecule has 0 atom stereocenters.